The Hall–Kier alpha value is -1.40. The van der Waals surface area contributed by atoms with E-state index in [2.05, 4.69) is 15.7 Å². The van der Waals surface area contributed by atoms with E-state index in [1.54, 1.807) is 6.20 Å². The standard InChI is InChI=1S/C10H17N5O/c1-15-8-2-4-12-9(7(8)6-14-15)10(16)13-5-3-11/h6,9,12H,2-5,11H2,1H3,(H,13,16). The van der Waals surface area contributed by atoms with Crippen LogP contribution in [0.25, 0.3) is 0 Å². The number of aromatic nitrogens is 2. The van der Waals surface area contributed by atoms with Gasteiger partial charge in [-0.15, -0.1) is 0 Å². The van der Waals surface area contributed by atoms with Crippen molar-refractivity contribution in [3.05, 3.63) is 17.5 Å². The summed E-state index contributed by atoms with van der Waals surface area (Å²) in [6.07, 6.45) is 2.67. The third-order valence-electron chi connectivity index (χ3n) is 2.82. The number of hydrogen-bond acceptors (Lipinski definition) is 4. The molecule has 1 aromatic rings. The van der Waals surface area contributed by atoms with Crippen LogP contribution in [-0.2, 0) is 18.3 Å². The number of aryl methyl sites for hydroxylation is 1. The second kappa shape index (κ2) is 4.63. The van der Waals surface area contributed by atoms with Crippen LogP contribution in [0.15, 0.2) is 6.20 Å². The number of nitrogens with two attached hydrogens (primary N) is 1. The monoisotopic (exact) mass is 223 g/mol. The lowest BCUT2D eigenvalue weighted by atomic mass is 10.0. The van der Waals surface area contributed by atoms with Gasteiger partial charge in [-0.25, -0.2) is 0 Å². The van der Waals surface area contributed by atoms with Crippen molar-refractivity contribution in [1.82, 2.24) is 20.4 Å². The van der Waals surface area contributed by atoms with Crippen molar-refractivity contribution in [2.24, 2.45) is 12.8 Å². The van der Waals surface area contributed by atoms with Gasteiger partial charge >= 0.3 is 0 Å². The Morgan fingerprint density at radius 2 is 2.62 bits per heavy atom. The van der Waals surface area contributed by atoms with E-state index in [9.17, 15) is 4.79 Å². The van der Waals surface area contributed by atoms with Crippen molar-refractivity contribution >= 4 is 5.91 Å². The molecule has 6 heteroatoms. The van der Waals surface area contributed by atoms with Gasteiger partial charge in [-0.05, 0) is 0 Å². The summed E-state index contributed by atoms with van der Waals surface area (Å²) in [7, 11) is 1.90. The minimum absolute atomic E-state index is 0.0283. The van der Waals surface area contributed by atoms with Crippen LogP contribution in [-0.4, -0.2) is 35.3 Å². The summed E-state index contributed by atoms with van der Waals surface area (Å²) < 4.78 is 1.83. The van der Waals surface area contributed by atoms with Crippen molar-refractivity contribution in [1.29, 1.82) is 0 Å². The van der Waals surface area contributed by atoms with E-state index in [0.717, 1.165) is 24.2 Å². The van der Waals surface area contributed by atoms with Crippen LogP contribution in [0.4, 0.5) is 0 Å². The first-order valence-electron chi connectivity index (χ1n) is 5.46. The normalized spacial score (nSPS) is 19.2. The maximum Gasteiger partial charge on any atom is 0.241 e. The zero-order chi connectivity index (χ0) is 11.5. The lowest BCUT2D eigenvalue weighted by Gasteiger charge is -2.23. The largest absolute Gasteiger partial charge is 0.353 e. The first-order chi connectivity index (χ1) is 7.74. The number of carbonyl (C=O) groups excluding carboxylic acids is 1. The van der Waals surface area contributed by atoms with E-state index in [0.29, 0.717) is 13.1 Å². The molecule has 0 saturated heterocycles. The Kier molecular flexibility index (Phi) is 3.21. The highest BCUT2D eigenvalue weighted by Crippen LogP contribution is 2.21. The molecular formula is C10H17N5O. The average molecular weight is 223 g/mol. The number of hydrogen-bond donors (Lipinski definition) is 3. The summed E-state index contributed by atoms with van der Waals surface area (Å²) in [4.78, 5) is 11.9. The summed E-state index contributed by atoms with van der Waals surface area (Å²) in [5.41, 5.74) is 7.46. The lowest BCUT2D eigenvalue weighted by molar-refractivity contribution is -0.123. The molecule has 0 saturated carbocycles. The molecule has 6 nitrogen and oxygen atoms in total. The summed E-state index contributed by atoms with van der Waals surface area (Å²) in [6, 6.07) is -0.288. The molecule has 2 rings (SSSR count). The second-order valence-corrected chi connectivity index (χ2v) is 3.89. The maximum absolute atomic E-state index is 11.9. The quantitative estimate of drug-likeness (QED) is 0.593. The zero-order valence-electron chi connectivity index (χ0n) is 9.36. The Labute approximate surface area is 94.2 Å². The molecule has 1 amide bonds. The van der Waals surface area contributed by atoms with Gasteiger partial charge in [-0.3, -0.25) is 9.48 Å². The first kappa shape index (κ1) is 11.1. The third kappa shape index (κ3) is 1.94. The summed E-state index contributed by atoms with van der Waals surface area (Å²) in [5, 5.41) is 10.2. The highest BCUT2D eigenvalue weighted by molar-refractivity contribution is 5.83. The van der Waals surface area contributed by atoms with Crippen LogP contribution >= 0.6 is 0 Å². The summed E-state index contributed by atoms with van der Waals surface area (Å²) >= 11 is 0. The number of amides is 1. The van der Waals surface area contributed by atoms with E-state index < -0.39 is 0 Å². The van der Waals surface area contributed by atoms with Crippen molar-refractivity contribution in [2.45, 2.75) is 12.5 Å². The molecule has 88 valence electrons. The van der Waals surface area contributed by atoms with Gasteiger partial charge in [-0.2, -0.15) is 5.10 Å². The van der Waals surface area contributed by atoms with Gasteiger partial charge in [0.15, 0.2) is 0 Å². The van der Waals surface area contributed by atoms with E-state index >= 15 is 0 Å². The number of nitrogens with zero attached hydrogens (tertiary/aromatic N) is 2. The van der Waals surface area contributed by atoms with Crippen LogP contribution in [0.3, 0.4) is 0 Å². The zero-order valence-corrected chi connectivity index (χ0v) is 9.36. The Morgan fingerprint density at radius 1 is 1.81 bits per heavy atom. The second-order valence-electron chi connectivity index (χ2n) is 3.89. The van der Waals surface area contributed by atoms with Crippen LogP contribution < -0.4 is 16.4 Å². The van der Waals surface area contributed by atoms with Gasteiger partial charge in [0.25, 0.3) is 0 Å². The molecular weight excluding hydrogens is 206 g/mol. The predicted octanol–water partition coefficient (Wildman–Crippen LogP) is -1.32. The molecule has 1 aliphatic heterocycles. The number of fused-ring (bicyclic) bond motifs is 1. The molecule has 1 unspecified atom stereocenters. The fourth-order valence-electron chi connectivity index (χ4n) is 2.00. The Morgan fingerprint density at radius 3 is 3.38 bits per heavy atom. The Balaban J connectivity index is 2.15. The van der Waals surface area contributed by atoms with E-state index in [4.69, 9.17) is 5.73 Å². The summed E-state index contributed by atoms with van der Waals surface area (Å²) in [5.74, 6) is -0.0283. The molecule has 0 bridgehead atoms. The maximum atomic E-state index is 11.9. The molecule has 2 heterocycles. The van der Waals surface area contributed by atoms with Crippen LogP contribution in [0.1, 0.15) is 17.3 Å². The SMILES string of the molecule is Cn1ncc2c1CCNC2C(=O)NCCN. The van der Waals surface area contributed by atoms with Gasteiger partial charge in [-0.1, -0.05) is 0 Å². The fraction of sp³-hybridized carbons (Fsp3) is 0.600. The van der Waals surface area contributed by atoms with Crippen LogP contribution in [0.5, 0.6) is 0 Å². The first-order valence-corrected chi connectivity index (χ1v) is 5.46. The van der Waals surface area contributed by atoms with Crippen LogP contribution in [0, 0.1) is 0 Å². The molecule has 0 aromatic carbocycles. The molecule has 0 aliphatic carbocycles. The minimum Gasteiger partial charge on any atom is -0.353 e. The topological polar surface area (TPSA) is 85.0 Å². The van der Waals surface area contributed by atoms with Crippen LogP contribution in [0.2, 0.25) is 0 Å². The van der Waals surface area contributed by atoms with E-state index in [1.165, 1.54) is 0 Å². The lowest BCUT2D eigenvalue weighted by Crippen LogP contribution is -2.42. The molecule has 1 atom stereocenters. The van der Waals surface area contributed by atoms with Gasteiger partial charge in [0, 0.05) is 44.4 Å². The summed E-state index contributed by atoms with van der Waals surface area (Å²) in [6.45, 7) is 1.76. The van der Waals surface area contributed by atoms with E-state index in [-0.39, 0.29) is 11.9 Å². The Bertz CT molecular complexity index is 387. The van der Waals surface area contributed by atoms with Crippen molar-refractivity contribution in [3.63, 3.8) is 0 Å². The molecule has 16 heavy (non-hydrogen) atoms. The van der Waals surface area contributed by atoms with Gasteiger partial charge in [0.2, 0.25) is 5.91 Å². The molecule has 0 spiro atoms. The smallest absolute Gasteiger partial charge is 0.241 e. The highest BCUT2D eigenvalue weighted by atomic mass is 16.2. The van der Waals surface area contributed by atoms with Crippen molar-refractivity contribution in [2.75, 3.05) is 19.6 Å². The molecule has 1 aromatic heterocycles. The fourth-order valence-corrected chi connectivity index (χ4v) is 2.00. The molecule has 0 fully saturated rings. The molecule has 4 N–H and O–H groups in total. The number of rotatable bonds is 3. The molecule has 0 radical (unpaired) electrons. The van der Waals surface area contributed by atoms with Gasteiger partial charge in [0.05, 0.1) is 6.20 Å². The third-order valence-corrected chi connectivity index (χ3v) is 2.82. The number of carbonyl (C=O) groups is 1. The molecule has 1 aliphatic rings. The highest BCUT2D eigenvalue weighted by Gasteiger charge is 2.28. The average Bonchev–Trinajstić information content (AvgIpc) is 2.68. The number of nitrogens with one attached hydrogen (secondary N) is 2. The van der Waals surface area contributed by atoms with E-state index in [1.807, 2.05) is 11.7 Å². The minimum atomic E-state index is -0.288. The van der Waals surface area contributed by atoms with Crippen molar-refractivity contribution < 1.29 is 4.79 Å². The predicted molar refractivity (Wildman–Crippen MR) is 59.7 cm³/mol. The van der Waals surface area contributed by atoms with Gasteiger partial charge < -0.3 is 16.4 Å². The van der Waals surface area contributed by atoms with Gasteiger partial charge in [0.1, 0.15) is 6.04 Å². The van der Waals surface area contributed by atoms with Crippen molar-refractivity contribution in [3.8, 4) is 0 Å².